The van der Waals surface area contributed by atoms with Gasteiger partial charge in [-0.1, -0.05) is 11.6 Å². The van der Waals surface area contributed by atoms with Crippen LogP contribution in [0.15, 0.2) is 24.3 Å². The molecule has 5 heteroatoms. The highest BCUT2D eigenvalue weighted by Crippen LogP contribution is 2.22. The summed E-state index contributed by atoms with van der Waals surface area (Å²) >= 11 is 5.79. The number of carbonyl (C=O) groups is 1. The number of β-amino-alcohol motifs (C(OH)–C–C–N with tert-alkyl or cyclic N) is 1. The molecule has 4 nitrogen and oxygen atoms in total. The largest absolute Gasteiger partial charge is 0.481 e. The molecule has 104 valence electrons. The molecule has 1 N–H and O–H groups in total. The summed E-state index contributed by atoms with van der Waals surface area (Å²) in [5.74, 6) is 0.504. The van der Waals surface area contributed by atoms with Gasteiger partial charge in [0.25, 0.3) is 5.91 Å². The van der Waals surface area contributed by atoms with Crippen LogP contribution in [0, 0.1) is 0 Å². The van der Waals surface area contributed by atoms with E-state index in [1.54, 1.807) is 43.0 Å². The van der Waals surface area contributed by atoms with Crippen LogP contribution in [0.2, 0.25) is 5.02 Å². The first-order valence-electron chi connectivity index (χ1n) is 6.31. The van der Waals surface area contributed by atoms with Crippen LogP contribution >= 0.6 is 11.6 Å². The van der Waals surface area contributed by atoms with Gasteiger partial charge < -0.3 is 14.7 Å². The van der Waals surface area contributed by atoms with Gasteiger partial charge in [-0.25, -0.2) is 0 Å². The van der Waals surface area contributed by atoms with Gasteiger partial charge >= 0.3 is 0 Å². The van der Waals surface area contributed by atoms with E-state index in [1.165, 1.54) is 0 Å². The molecule has 19 heavy (non-hydrogen) atoms. The van der Waals surface area contributed by atoms with E-state index < -0.39 is 11.7 Å². The van der Waals surface area contributed by atoms with Crippen LogP contribution in [0.3, 0.4) is 0 Å². The lowest BCUT2D eigenvalue weighted by atomic mass is 10.1. The molecule has 1 aliphatic heterocycles. The Bertz CT molecular complexity index is 458. The summed E-state index contributed by atoms with van der Waals surface area (Å²) in [6.45, 7) is 4.38. The van der Waals surface area contributed by atoms with E-state index in [0.29, 0.717) is 30.3 Å². The van der Waals surface area contributed by atoms with Gasteiger partial charge in [-0.15, -0.1) is 0 Å². The molecule has 2 unspecified atom stereocenters. The van der Waals surface area contributed by atoms with Crippen LogP contribution in [-0.2, 0) is 4.79 Å². The minimum Gasteiger partial charge on any atom is -0.481 e. The molecule has 2 rings (SSSR count). The van der Waals surface area contributed by atoms with E-state index in [1.807, 2.05) is 0 Å². The van der Waals surface area contributed by atoms with E-state index >= 15 is 0 Å². The number of ether oxygens (including phenoxy) is 1. The van der Waals surface area contributed by atoms with Gasteiger partial charge in [0.05, 0.1) is 5.60 Å². The lowest BCUT2D eigenvalue weighted by molar-refractivity contribution is -0.137. The fraction of sp³-hybridized carbons (Fsp3) is 0.500. The van der Waals surface area contributed by atoms with Crippen LogP contribution in [0.5, 0.6) is 5.75 Å². The first kappa shape index (κ1) is 14.2. The van der Waals surface area contributed by atoms with Gasteiger partial charge in [-0.05, 0) is 44.5 Å². The molecule has 1 aromatic rings. The number of carbonyl (C=O) groups excluding carboxylic acids is 1. The Labute approximate surface area is 117 Å². The maximum absolute atomic E-state index is 12.2. The Hall–Kier alpha value is -1.26. The maximum atomic E-state index is 12.2. The molecular weight excluding hydrogens is 266 g/mol. The van der Waals surface area contributed by atoms with Gasteiger partial charge in [0.1, 0.15) is 5.75 Å². The van der Waals surface area contributed by atoms with Gasteiger partial charge in [0.15, 0.2) is 6.10 Å². The molecular formula is C14H18ClNO3. The summed E-state index contributed by atoms with van der Waals surface area (Å²) in [6, 6.07) is 6.89. The second-order valence-electron chi connectivity index (χ2n) is 5.22. The summed E-state index contributed by atoms with van der Waals surface area (Å²) in [5, 5.41) is 10.5. The minimum atomic E-state index is -0.782. The predicted octanol–water partition coefficient (Wildman–Crippen LogP) is 2.09. The molecule has 1 aromatic carbocycles. The molecule has 1 aliphatic rings. The standard InChI is InChI=1S/C14H18ClNO3/c1-10(19-12-5-3-11(15)4-6-12)13(17)16-8-7-14(2,18)9-16/h3-6,10,18H,7-9H2,1-2H3. The molecule has 0 saturated carbocycles. The summed E-state index contributed by atoms with van der Waals surface area (Å²) in [4.78, 5) is 13.8. The van der Waals surface area contributed by atoms with Gasteiger partial charge in [-0.3, -0.25) is 4.79 Å². The van der Waals surface area contributed by atoms with Crippen molar-refractivity contribution in [1.29, 1.82) is 0 Å². The molecule has 0 aromatic heterocycles. The third-order valence-electron chi connectivity index (χ3n) is 3.24. The highest BCUT2D eigenvalue weighted by Gasteiger charge is 2.35. The number of nitrogens with zero attached hydrogens (tertiary/aromatic N) is 1. The van der Waals surface area contributed by atoms with Crippen molar-refractivity contribution in [3.8, 4) is 5.75 Å². The molecule has 0 aliphatic carbocycles. The molecule has 1 amide bonds. The van der Waals surface area contributed by atoms with Crippen molar-refractivity contribution in [3.63, 3.8) is 0 Å². The zero-order valence-corrected chi connectivity index (χ0v) is 11.9. The third-order valence-corrected chi connectivity index (χ3v) is 3.49. The van der Waals surface area contributed by atoms with Crippen LogP contribution in [0.4, 0.5) is 0 Å². The number of halogens is 1. The van der Waals surface area contributed by atoms with Crippen molar-refractivity contribution >= 4 is 17.5 Å². The Morgan fingerprint density at radius 2 is 2.11 bits per heavy atom. The molecule has 0 spiro atoms. The average molecular weight is 284 g/mol. The molecule has 0 radical (unpaired) electrons. The lowest BCUT2D eigenvalue weighted by Crippen LogP contribution is -2.41. The minimum absolute atomic E-state index is 0.104. The maximum Gasteiger partial charge on any atom is 0.263 e. The first-order valence-corrected chi connectivity index (χ1v) is 6.69. The quantitative estimate of drug-likeness (QED) is 0.924. The molecule has 1 saturated heterocycles. The number of amides is 1. The first-order chi connectivity index (χ1) is 8.87. The Morgan fingerprint density at radius 1 is 1.47 bits per heavy atom. The van der Waals surface area contributed by atoms with Gasteiger partial charge in [0, 0.05) is 18.1 Å². The van der Waals surface area contributed by atoms with Crippen LogP contribution in [0.25, 0.3) is 0 Å². The fourth-order valence-electron chi connectivity index (χ4n) is 2.16. The van der Waals surface area contributed by atoms with Crippen LogP contribution in [-0.4, -0.2) is 40.7 Å². The summed E-state index contributed by atoms with van der Waals surface area (Å²) < 4.78 is 5.58. The van der Waals surface area contributed by atoms with E-state index in [0.717, 1.165) is 0 Å². The van der Waals surface area contributed by atoms with Crippen molar-refractivity contribution in [3.05, 3.63) is 29.3 Å². The van der Waals surface area contributed by atoms with Crippen molar-refractivity contribution in [2.75, 3.05) is 13.1 Å². The third kappa shape index (κ3) is 3.61. The van der Waals surface area contributed by atoms with Crippen LogP contribution in [0.1, 0.15) is 20.3 Å². The topological polar surface area (TPSA) is 49.8 Å². The normalized spacial score (nSPS) is 24.3. The molecule has 1 heterocycles. The zero-order valence-electron chi connectivity index (χ0n) is 11.1. The van der Waals surface area contributed by atoms with Crippen molar-refractivity contribution in [2.45, 2.75) is 32.0 Å². The number of hydrogen-bond acceptors (Lipinski definition) is 3. The molecule has 1 fully saturated rings. The number of benzene rings is 1. The number of aliphatic hydroxyl groups is 1. The second kappa shape index (κ2) is 5.39. The second-order valence-corrected chi connectivity index (χ2v) is 5.66. The van der Waals surface area contributed by atoms with Crippen molar-refractivity contribution < 1.29 is 14.6 Å². The highest BCUT2D eigenvalue weighted by atomic mass is 35.5. The summed E-state index contributed by atoms with van der Waals surface area (Å²) in [6.07, 6.45) is 0.0296. The monoisotopic (exact) mass is 283 g/mol. The Morgan fingerprint density at radius 3 is 2.63 bits per heavy atom. The summed E-state index contributed by atoms with van der Waals surface area (Å²) in [5.41, 5.74) is -0.782. The zero-order chi connectivity index (χ0) is 14.0. The van der Waals surface area contributed by atoms with Gasteiger partial charge in [0.2, 0.25) is 0 Å². The SMILES string of the molecule is CC(Oc1ccc(Cl)cc1)C(=O)N1CCC(C)(O)C1. The van der Waals surface area contributed by atoms with E-state index in [2.05, 4.69) is 0 Å². The van der Waals surface area contributed by atoms with Crippen molar-refractivity contribution in [2.24, 2.45) is 0 Å². The number of rotatable bonds is 3. The smallest absolute Gasteiger partial charge is 0.263 e. The number of hydrogen-bond donors (Lipinski definition) is 1. The van der Waals surface area contributed by atoms with Crippen LogP contribution < -0.4 is 4.74 Å². The molecule has 2 atom stereocenters. The van der Waals surface area contributed by atoms with E-state index in [9.17, 15) is 9.90 Å². The highest BCUT2D eigenvalue weighted by molar-refractivity contribution is 6.30. The van der Waals surface area contributed by atoms with Crippen molar-refractivity contribution in [1.82, 2.24) is 4.90 Å². The molecule has 0 bridgehead atoms. The Kier molecular flexibility index (Phi) is 4.02. The van der Waals surface area contributed by atoms with E-state index in [-0.39, 0.29) is 5.91 Å². The number of likely N-dealkylation sites (tertiary alicyclic amines) is 1. The van der Waals surface area contributed by atoms with E-state index in [4.69, 9.17) is 16.3 Å². The lowest BCUT2D eigenvalue weighted by Gasteiger charge is -2.23. The summed E-state index contributed by atoms with van der Waals surface area (Å²) in [7, 11) is 0. The predicted molar refractivity (Wildman–Crippen MR) is 73.4 cm³/mol. The average Bonchev–Trinajstić information content (AvgIpc) is 2.71. The van der Waals surface area contributed by atoms with Gasteiger partial charge in [-0.2, -0.15) is 0 Å². The Balaban J connectivity index is 1.94. The fourth-order valence-corrected chi connectivity index (χ4v) is 2.28.